The van der Waals surface area contributed by atoms with Crippen LogP contribution in [0.15, 0.2) is 42.7 Å². The number of carbonyl (C=O) groups is 2. The second-order valence-electron chi connectivity index (χ2n) is 7.82. The Hall–Kier alpha value is -3.07. The van der Waals surface area contributed by atoms with Crippen LogP contribution in [0.2, 0.25) is 10.3 Å². The number of nitrogens with zero attached hydrogens (tertiary/aromatic N) is 4. The number of nitrogens with one attached hydrogen (secondary N) is 1. The number of amides is 2. The van der Waals surface area contributed by atoms with Crippen LogP contribution in [0.4, 0.5) is 0 Å². The molecule has 2 aromatic heterocycles. The first-order chi connectivity index (χ1) is 15.8. The van der Waals surface area contributed by atoms with E-state index in [4.69, 9.17) is 23.2 Å². The van der Waals surface area contributed by atoms with Gasteiger partial charge >= 0.3 is 0 Å². The molecule has 4 rings (SSSR count). The maximum Gasteiger partial charge on any atom is 0.256 e. The van der Waals surface area contributed by atoms with Crippen LogP contribution in [0.25, 0.3) is 11.3 Å². The fraction of sp³-hybridized carbons (Fsp3) is 0.261. The van der Waals surface area contributed by atoms with E-state index in [0.717, 1.165) is 11.1 Å². The van der Waals surface area contributed by atoms with Crippen LogP contribution in [0.3, 0.4) is 0 Å². The van der Waals surface area contributed by atoms with Gasteiger partial charge in [-0.1, -0.05) is 41.4 Å². The third kappa shape index (κ3) is 4.68. The van der Waals surface area contributed by atoms with Gasteiger partial charge in [-0.05, 0) is 37.1 Å². The zero-order valence-electron chi connectivity index (χ0n) is 17.9. The molecule has 3 aromatic rings. The van der Waals surface area contributed by atoms with E-state index >= 15 is 0 Å². The molecule has 3 heterocycles. The quantitative estimate of drug-likeness (QED) is 0.518. The van der Waals surface area contributed by atoms with Crippen molar-refractivity contribution in [3.8, 4) is 11.3 Å². The average molecular weight is 486 g/mol. The molecule has 0 saturated carbocycles. The van der Waals surface area contributed by atoms with Gasteiger partial charge in [0.05, 0.1) is 47.4 Å². The molecule has 2 N–H and O–H groups in total. The number of carbonyl (C=O) groups excluding carboxylic acids is 2. The maximum atomic E-state index is 13.1. The molecule has 2 atom stereocenters. The fourth-order valence-corrected chi connectivity index (χ4v) is 4.07. The van der Waals surface area contributed by atoms with Crippen LogP contribution in [0, 0.1) is 6.92 Å². The zero-order chi connectivity index (χ0) is 23.7. The standard InChI is InChI=1S/C23H21Cl2N5O3/c1-12-4-3-5-14(6-12)19(11-31)28-21(32)13(2)30-10-18-16(22(30)33)7-15(8-26-18)20-17(24)9-27-23(25)29-20/h3-9,13,19,31H,10-11H2,1-2H3,(H,28,32). The Morgan fingerprint density at radius 1 is 1.24 bits per heavy atom. The summed E-state index contributed by atoms with van der Waals surface area (Å²) < 4.78 is 0. The second kappa shape index (κ2) is 9.43. The molecule has 0 saturated heterocycles. The molecule has 1 aliphatic rings. The summed E-state index contributed by atoms with van der Waals surface area (Å²) in [5.74, 6) is -0.697. The van der Waals surface area contributed by atoms with Crippen LogP contribution in [-0.4, -0.2) is 49.4 Å². The van der Waals surface area contributed by atoms with Gasteiger partial charge in [-0.25, -0.2) is 9.97 Å². The Kier molecular flexibility index (Phi) is 6.60. The van der Waals surface area contributed by atoms with Gasteiger partial charge in [-0.15, -0.1) is 0 Å². The molecule has 1 aromatic carbocycles. The van der Waals surface area contributed by atoms with E-state index in [1.54, 1.807) is 19.2 Å². The van der Waals surface area contributed by atoms with E-state index in [0.29, 0.717) is 22.5 Å². The SMILES string of the molecule is Cc1cccc(C(CO)NC(=O)C(C)N2Cc3ncc(-c4nc(Cl)ncc4Cl)cc3C2=O)c1. The highest BCUT2D eigenvalue weighted by Gasteiger charge is 2.36. The molecule has 33 heavy (non-hydrogen) atoms. The highest BCUT2D eigenvalue weighted by Crippen LogP contribution is 2.31. The lowest BCUT2D eigenvalue weighted by molar-refractivity contribution is -0.126. The number of aliphatic hydroxyl groups is 1. The Balaban J connectivity index is 1.53. The summed E-state index contributed by atoms with van der Waals surface area (Å²) in [4.78, 5) is 39.8. The molecule has 2 amide bonds. The second-order valence-corrected chi connectivity index (χ2v) is 8.57. The number of rotatable bonds is 6. The fourth-order valence-electron chi connectivity index (χ4n) is 3.74. The van der Waals surface area contributed by atoms with Gasteiger partial charge in [0.25, 0.3) is 5.91 Å². The van der Waals surface area contributed by atoms with Gasteiger partial charge in [0, 0.05) is 11.8 Å². The first-order valence-corrected chi connectivity index (χ1v) is 11.0. The number of aromatic nitrogens is 3. The van der Waals surface area contributed by atoms with Crippen molar-refractivity contribution in [2.45, 2.75) is 32.5 Å². The molecule has 8 nitrogen and oxygen atoms in total. The average Bonchev–Trinajstić information content (AvgIpc) is 3.14. The van der Waals surface area contributed by atoms with Crippen molar-refractivity contribution in [2.75, 3.05) is 6.61 Å². The lowest BCUT2D eigenvalue weighted by Crippen LogP contribution is -2.46. The minimum absolute atomic E-state index is 0.0280. The molecule has 0 bridgehead atoms. The molecule has 10 heteroatoms. The lowest BCUT2D eigenvalue weighted by Gasteiger charge is -2.26. The number of aliphatic hydroxyl groups excluding tert-OH is 1. The van der Waals surface area contributed by atoms with Gasteiger partial charge < -0.3 is 15.3 Å². The van der Waals surface area contributed by atoms with Crippen molar-refractivity contribution >= 4 is 35.0 Å². The third-order valence-corrected chi connectivity index (χ3v) is 6.02. The summed E-state index contributed by atoms with van der Waals surface area (Å²) in [5, 5.41) is 12.9. The van der Waals surface area contributed by atoms with Crippen LogP contribution in [-0.2, 0) is 11.3 Å². The molecular formula is C23H21Cl2N5O3. The van der Waals surface area contributed by atoms with E-state index in [2.05, 4.69) is 20.3 Å². The highest BCUT2D eigenvalue weighted by molar-refractivity contribution is 6.33. The number of pyridine rings is 1. The summed E-state index contributed by atoms with van der Waals surface area (Å²) in [5.41, 5.74) is 3.63. The first-order valence-electron chi connectivity index (χ1n) is 10.2. The minimum Gasteiger partial charge on any atom is -0.394 e. The van der Waals surface area contributed by atoms with Crippen molar-refractivity contribution in [3.63, 3.8) is 0 Å². The van der Waals surface area contributed by atoms with E-state index < -0.39 is 12.1 Å². The normalized spacial score (nSPS) is 14.7. The van der Waals surface area contributed by atoms with Crippen molar-refractivity contribution in [1.82, 2.24) is 25.2 Å². The third-order valence-electron chi connectivity index (χ3n) is 5.56. The smallest absolute Gasteiger partial charge is 0.256 e. The predicted molar refractivity (Wildman–Crippen MR) is 124 cm³/mol. The Bertz CT molecular complexity index is 1240. The molecule has 0 aliphatic carbocycles. The van der Waals surface area contributed by atoms with E-state index in [9.17, 15) is 14.7 Å². The summed E-state index contributed by atoms with van der Waals surface area (Å²) >= 11 is 12.1. The van der Waals surface area contributed by atoms with E-state index in [1.807, 2.05) is 31.2 Å². The van der Waals surface area contributed by atoms with Crippen molar-refractivity contribution < 1.29 is 14.7 Å². The number of hydrogen-bond acceptors (Lipinski definition) is 6. The summed E-state index contributed by atoms with van der Waals surface area (Å²) in [6, 6.07) is 7.84. The van der Waals surface area contributed by atoms with Gasteiger partial charge in [0.2, 0.25) is 11.2 Å². The van der Waals surface area contributed by atoms with Gasteiger partial charge in [0.15, 0.2) is 0 Å². The van der Waals surface area contributed by atoms with Crippen LogP contribution >= 0.6 is 23.2 Å². The van der Waals surface area contributed by atoms with Gasteiger partial charge in [-0.2, -0.15) is 0 Å². The molecule has 170 valence electrons. The van der Waals surface area contributed by atoms with Crippen LogP contribution in [0.5, 0.6) is 0 Å². The molecule has 0 spiro atoms. The summed E-state index contributed by atoms with van der Waals surface area (Å²) in [7, 11) is 0. The molecule has 2 unspecified atom stereocenters. The molecule has 0 radical (unpaired) electrons. The lowest BCUT2D eigenvalue weighted by atomic mass is 10.0. The summed E-state index contributed by atoms with van der Waals surface area (Å²) in [6.45, 7) is 3.51. The minimum atomic E-state index is -0.772. The Labute approximate surface area is 200 Å². The number of benzene rings is 1. The van der Waals surface area contributed by atoms with E-state index in [1.165, 1.54) is 11.1 Å². The largest absolute Gasteiger partial charge is 0.394 e. The number of fused-ring (bicyclic) bond motifs is 1. The van der Waals surface area contributed by atoms with Crippen LogP contribution in [0.1, 0.15) is 40.1 Å². The molecular weight excluding hydrogens is 465 g/mol. The predicted octanol–water partition coefficient (Wildman–Crippen LogP) is 3.35. The monoisotopic (exact) mass is 485 g/mol. The van der Waals surface area contributed by atoms with Gasteiger partial charge in [-0.3, -0.25) is 14.6 Å². The topological polar surface area (TPSA) is 108 Å². The van der Waals surface area contributed by atoms with Gasteiger partial charge in [0.1, 0.15) is 6.04 Å². The molecule has 0 fully saturated rings. The maximum absolute atomic E-state index is 13.1. The molecule has 1 aliphatic heterocycles. The van der Waals surface area contributed by atoms with Crippen molar-refractivity contribution in [2.24, 2.45) is 0 Å². The number of aryl methyl sites for hydroxylation is 1. The first kappa shape index (κ1) is 23.1. The number of hydrogen-bond donors (Lipinski definition) is 2. The Morgan fingerprint density at radius 2 is 2.03 bits per heavy atom. The van der Waals surface area contributed by atoms with Crippen molar-refractivity contribution in [1.29, 1.82) is 0 Å². The van der Waals surface area contributed by atoms with Crippen LogP contribution < -0.4 is 5.32 Å². The summed E-state index contributed by atoms with van der Waals surface area (Å²) in [6.07, 6.45) is 2.94. The van der Waals surface area contributed by atoms with Crippen molar-refractivity contribution in [3.05, 3.63) is 75.4 Å². The highest BCUT2D eigenvalue weighted by atomic mass is 35.5. The number of halogens is 2. The van der Waals surface area contributed by atoms with E-state index in [-0.39, 0.29) is 35.3 Å². The zero-order valence-corrected chi connectivity index (χ0v) is 19.4. The Morgan fingerprint density at radius 3 is 2.76 bits per heavy atom.